The molecular weight excluding hydrogens is 427 g/mol. The van der Waals surface area contributed by atoms with Crippen LogP contribution in [-0.4, -0.2) is 30.1 Å². The first-order valence-electron chi connectivity index (χ1n) is 10.7. The van der Waals surface area contributed by atoms with Gasteiger partial charge in [0.1, 0.15) is 11.6 Å². The van der Waals surface area contributed by atoms with E-state index in [0.717, 1.165) is 5.56 Å². The number of esters is 1. The zero-order valence-corrected chi connectivity index (χ0v) is 18.8. The zero-order chi connectivity index (χ0) is 23.8. The fraction of sp³-hybridized carbons (Fsp3) is 0.320. The van der Waals surface area contributed by atoms with Gasteiger partial charge in [0.25, 0.3) is 0 Å². The molecule has 0 saturated heterocycles. The average molecular weight is 454 g/mol. The van der Waals surface area contributed by atoms with Crippen molar-refractivity contribution in [2.45, 2.75) is 45.3 Å². The monoisotopic (exact) mass is 454 g/mol. The summed E-state index contributed by atoms with van der Waals surface area (Å²) in [6, 6.07) is 12.8. The van der Waals surface area contributed by atoms with Gasteiger partial charge in [-0.1, -0.05) is 24.3 Å². The topological polar surface area (TPSA) is 90.7 Å². The van der Waals surface area contributed by atoms with Gasteiger partial charge in [0.15, 0.2) is 11.7 Å². The van der Waals surface area contributed by atoms with Gasteiger partial charge in [-0.05, 0) is 43.7 Å². The molecule has 0 bridgehead atoms. The Balaban J connectivity index is 1.64. The quantitative estimate of drug-likeness (QED) is 0.450. The maximum atomic E-state index is 13.9. The van der Waals surface area contributed by atoms with Crippen LogP contribution < -0.4 is 10.1 Å². The molecule has 1 aromatic heterocycles. The van der Waals surface area contributed by atoms with E-state index < -0.39 is 17.8 Å². The maximum absolute atomic E-state index is 13.9. The molecule has 7 nitrogen and oxygen atoms in total. The predicted octanol–water partition coefficient (Wildman–Crippen LogP) is 4.62. The summed E-state index contributed by atoms with van der Waals surface area (Å²) < 4.78 is 30.0. The summed E-state index contributed by atoms with van der Waals surface area (Å²) >= 11 is 0. The van der Waals surface area contributed by atoms with E-state index in [9.17, 15) is 14.0 Å². The molecule has 0 aliphatic carbocycles. The minimum atomic E-state index is -0.562. The number of carbonyl (C=O) groups is 2. The van der Waals surface area contributed by atoms with Crippen LogP contribution in [0.15, 0.2) is 59.1 Å². The standard InChI is InChI=1S/C25H27FN2O5/c1-16(2)32-25(30)14-21(17-8-10-18(31-3)11-9-17)28-23(29)12-13-24-27-15-22(33-24)19-6-4-5-7-20(19)26/h4-11,15-16,21H,12-14H2,1-3H3,(H,28,29). The van der Waals surface area contributed by atoms with Gasteiger partial charge in [0.2, 0.25) is 5.91 Å². The van der Waals surface area contributed by atoms with Crippen LogP contribution in [0.5, 0.6) is 5.75 Å². The van der Waals surface area contributed by atoms with Crippen LogP contribution in [0.2, 0.25) is 0 Å². The van der Waals surface area contributed by atoms with Crippen LogP contribution in [0.4, 0.5) is 4.39 Å². The number of halogens is 1. The SMILES string of the molecule is COc1ccc(C(CC(=O)OC(C)C)NC(=O)CCc2ncc(-c3ccccc3F)o2)cc1. The van der Waals surface area contributed by atoms with E-state index in [2.05, 4.69) is 10.3 Å². The first-order chi connectivity index (χ1) is 15.9. The molecule has 1 N–H and O–H groups in total. The molecule has 0 aliphatic heterocycles. The van der Waals surface area contributed by atoms with E-state index in [1.807, 2.05) is 0 Å². The van der Waals surface area contributed by atoms with Crippen LogP contribution in [0.3, 0.4) is 0 Å². The molecule has 1 unspecified atom stereocenters. The van der Waals surface area contributed by atoms with Crippen molar-refractivity contribution < 1.29 is 27.9 Å². The molecule has 3 rings (SSSR count). The highest BCUT2D eigenvalue weighted by atomic mass is 19.1. The Kier molecular flexibility index (Phi) is 8.18. The number of aromatic nitrogens is 1. The highest BCUT2D eigenvalue weighted by molar-refractivity contribution is 5.78. The molecule has 0 radical (unpaired) electrons. The third-order valence-corrected chi connectivity index (χ3v) is 4.85. The summed E-state index contributed by atoms with van der Waals surface area (Å²) in [6.45, 7) is 3.54. The molecule has 174 valence electrons. The molecular formula is C25H27FN2O5. The molecule has 1 atom stereocenters. The summed E-state index contributed by atoms with van der Waals surface area (Å²) in [7, 11) is 1.56. The third-order valence-electron chi connectivity index (χ3n) is 4.85. The van der Waals surface area contributed by atoms with E-state index in [0.29, 0.717) is 23.0 Å². The van der Waals surface area contributed by atoms with Gasteiger partial charge in [0, 0.05) is 12.8 Å². The van der Waals surface area contributed by atoms with Gasteiger partial charge in [-0.25, -0.2) is 9.37 Å². The summed E-state index contributed by atoms with van der Waals surface area (Å²) in [5, 5.41) is 2.88. The molecule has 3 aromatic rings. The Bertz CT molecular complexity index is 1080. The first kappa shape index (κ1) is 24.0. The van der Waals surface area contributed by atoms with Crippen LogP contribution >= 0.6 is 0 Å². The van der Waals surface area contributed by atoms with Crippen molar-refractivity contribution in [3.05, 3.63) is 72.0 Å². The molecule has 0 spiro atoms. The smallest absolute Gasteiger partial charge is 0.308 e. The first-order valence-corrected chi connectivity index (χ1v) is 10.7. The van der Waals surface area contributed by atoms with E-state index in [-0.39, 0.29) is 31.3 Å². The number of hydrogen-bond donors (Lipinski definition) is 1. The summed E-state index contributed by atoms with van der Waals surface area (Å²) in [5.74, 6) is 0.198. The third kappa shape index (κ3) is 6.90. The number of amides is 1. The Morgan fingerprint density at radius 3 is 2.52 bits per heavy atom. The van der Waals surface area contributed by atoms with Gasteiger partial charge >= 0.3 is 5.97 Å². The van der Waals surface area contributed by atoms with E-state index in [1.54, 1.807) is 63.4 Å². The van der Waals surface area contributed by atoms with Crippen LogP contribution in [-0.2, 0) is 20.7 Å². The number of hydrogen-bond acceptors (Lipinski definition) is 6. The Morgan fingerprint density at radius 1 is 1.12 bits per heavy atom. The van der Waals surface area contributed by atoms with Crippen molar-refractivity contribution in [2.75, 3.05) is 7.11 Å². The number of nitrogens with one attached hydrogen (secondary N) is 1. The van der Waals surface area contributed by atoms with Gasteiger partial charge in [0.05, 0.1) is 37.4 Å². The summed E-state index contributed by atoms with van der Waals surface area (Å²) in [5.41, 5.74) is 1.06. The Labute approximate surface area is 191 Å². The number of nitrogens with zero attached hydrogens (tertiary/aromatic N) is 1. The maximum Gasteiger partial charge on any atom is 0.308 e. The second kappa shape index (κ2) is 11.3. The molecule has 8 heteroatoms. The predicted molar refractivity (Wildman–Crippen MR) is 120 cm³/mol. The molecule has 0 saturated carbocycles. The number of aryl methyl sites for hydroxylation is 1. The van der Waals surface area contributed by atoms with Crippen LogP contribution in [0, 0.1) is 5.82 Å². The largest absolute Gasteiger partial charge is 0.497 e. The second-order valence-electron chi connectivity index (χ2n) is 7.73. The summed E-state index contributed by atoms with van der Waals surface area (Å²) in [6.07, 6.45) is 1.49. The highest BCUT2D eigenvalue weighted by Gasteiger charge is 2.21. The van der Waals surface area contributed by atoms with Crippen molar-refractivity contribution in [1.29, 1.82) is 0 Å². The lowest BCUT2D eigenvalue weighted by Gasteiger charge is -2.19. The number of ether oxygens (including phenoxy) is 2. The van der Waals surface area contributed by atoms with Crippen molar-refractivity contribution in [1.82, 2.24) is 10.3 Å². The van der Waals surface area contributed by atoms with Crippen molar-refractivity contribution in [2.24, 2.45) is 0 Å². The van der Waals surface area contributed by atoms with Crippen molar-refractivity contribution in [3.8, 4) is 17.1 Å². The molecule has 33 heavy (non-hydrogen) atoms. The van der Waals surface area contributed by atoms with Crippen molar-refractivity contribution >= 4 is 11.9 Å². The summed E-state index contributed by atoms with van der Waals surface area (Å²) in [4.78, 5) is 29.0. The lowest BCUT2D eigenvalue weighted by Crippen LogP contribution is -2.31. The minimum absolute atomic E-state index is 0.00726. The number of carbonyl (C=O) groups excluding carboxylic acids is 2. The Morgan fingerprint density at radius 2 is 1.85 bits per heavy atom. The van der Waals surface area contributed by atoms with E-state index in [4.69, 9.17) is 13.9 Å². The number of methoxy groups -OCH3 is 1. The van der Waals surface area contributed by atoms with Crippen LogP contribution in [0.1, 0.15) is 44.2 Å². The lowest BCUT2D eigenvalue weighted by atomic mass is 10.0. The average Bonchev–Trinajstić information content (AvgIpc) is 3.26. The normalized spacial score (nSPS) is 11.8. The molecule has 2 aromatic carbocycles. The lowest BCUT2D eigenvalue weighted by molar-refractivity contribution is -0.148. The molecule has 1 heterocycles. The molecule has 0 fully saturated rings. The minimum Gasteiger partial charge on any atom is -0.497 e. The van der Waals surface area contributed by atoms with Crippen LogP contribution in [0.25, 0.3) is 11.3 Å². The van der Waals surface area contributed by atoms with E-state index >= 15 is 0 Å². The van der Waals surface area contributed by atoms with Crippen molar-refractivity contribution in [3.63, 3.8) is 0 Å². The fourth-order valence-electron chi connectivity index (χ4n) is 3.26. The van der Waals surface area contributed by atoms with Gasteiger partial charge < -0.3 is 19.2 Å². The molecule has 1 amide bonds. The number of oxazole rings is 1. The second-order valence-corrected chi connectivity index (χ2v) is 7.73. The Hall–Kier alpha value is -3.68. The van der Waals surface area contributed by atoms with E-state index in [1.165, 1.54) is 12.3 Å². The number of rotatable bonds is 10. The zero-order valence-electron chi connectivity index (χ0n) is 18.8. The highest BCUT2D eigenvalue weighted by Crippen LogP contribution is 2.24. The van der Waals surface area contributed by atoms with Gasteiger partial charge in [-0.2, -0.15) is 0 Å². The number of benzene rings is 2. The fourth-order valence-corrected chi connectivity index (χ4v) is 3.26. The van der Waals surface area contributed by atoms with Gasteiger partial charge in [-0.3, -0.25) is 9.59 Å². The van der Waals surface area contributed by atoms with Gasteiger partial charge in [-0.15, -0.1) is 0 Å². The molecule has 0 aliphatic rings.